The summed E-state index contributed by atoms with van der Waals surface area (Å²) in [6, 6.07) is 11.2. The molecule has 0 saturated carbocycles. The second kappa shape index (κ2) is 11.6. The van der Waals surface area contributed by atoms with E-state index in [4.69, 9.17) is 4.74 Å². The van der Waals surface area contributed by atoms with Gasteiger partial charge in [-0.2, -0.15) is 0 Å². The van der Waals surface area contributed by atoms with Crippen LogP contribution in [0.4, 0.5) is 4.39 Å². The molecule has 7 heteroatoms. The van der Waals surface area contributed by atoms with E-state index in [-0.39, 0.29) is 11.1 Å². The molecular weight excluding hydrogens is 435 g/mol. The molecule has 0 radical (unpaired) electrons. The van der Waals surface area contributed by atoms with Crippen LogP contribution in [0.25, 0.3) is 5.76 Å². The number of likely N-dealkylation sites (tertiary alicyclic amines) is 1. The number of carbonyl (C=O) groups excluding carboxylic acids is 2. The van der Waals surface area contributed by atoms with E-state index in [9.17, 15) is 19.1 Å². The minimum absolute atomic E-state index is 0.118. The maximum Gasteiger partial charge on any atom is 0.295 e. The average molecular weight is 467 g/mol. The molecule has 6 nitrogen and oxygen atoms in total. The van der Waals surface area contributed by atoms with E-state index in [0.717, 1.165) is 19.6 Å². The van der Waals surface area contributed by atoms with Gasteiger partial charge in [0.25, 0.3) is 5.91 Å². The van der Waals surface area contributed by atoms with Crippen molar-refractivity contribution in [3.8, 4) is 5.75 Å². The van der Waals surface area contributed by atoms with Crippen molar-refractivity contribution in [3.63, 3.8) is 0 Å². The van der Waals surface area contributed by atoms with Crippen LogP contribution >= 0.6 is 0 Å². The van der Waals surface area contributed by atoms with Gasteiger partial charge in [0.2, 0.25) is 5.78 Å². The highest BCUT2D eigenvalue weighted by molar-refractivity contribution is 6.46. The number of nitrogens with zero attached hydrogens (tertiary/aromatic N) is 1. The van der Waals surface area contributed by atoms with Crippen molar-refractivity contribution in [1.82, 2.24) is 4.90 Å². The second-order valence-corrected chi connectivity index (χ2v) is 8.21. The number of amides is 1. The highest BCUT2D eigenvalue weighted by Gasteiger charge is 2.44. The SMILES string of the molecule is C=CCOc1cccc(C2C(=C([O-])c3ccc(F)cc3)C(=O)C(=O)N2CCC[NH+](CC)CC)c1. The number of ether oxygens (including phenoxy) is 1. The van der Waals surface area contributed by atoms with Gasteiger partial charge in [-0.3, -0.25) is 9.59 Å². The fourth-order valence-corrected chi connectivity index (χ4v) is 4.24. The number of benzene rings is 2. The summed E-state index contributed by atoms with van der Waals surface area (Å²) in [6.07, 6.45) is 2.31. The average Bonchev–Trinajstić information content (AvgIpc) is 3.10. The number of nitrogens with one attached hydrogen (secondary N) is 1. The summed E-state index contributed by atoms with van der Waals surface area (Å²) in [4.78, 5) is 29.0. The Morgan fingerprint density at radius 1 is 1.18 bits per heavy atom. The molecule has 3 rings (SSSR count). The van der Waals surface area contributed by atoms with Gasteiger partial charge in [0.15, 0.2) is 0 Å². The molecule has 1 aliphatic rings. The van der Waals surface area contributed by atoms with Crippen molar-refractivity contribution in [1.29, 1.82) is 0 Å². The normalized spacial score (nSPS) is 17.4. The Morgan fingerprint density at radius 2 is 1.88 bits per heavy atom. The van der Waals surface area contributed by atoms with E-state index in [2.05, 4.69) is 20.4 Å². The van der Waals surface area contributed by atoms with Gasteiger partial charge in [0.05, 0.1) is 25.7 Å². The zero-order valence-corrected chi connectivity index (χ0v) is 19.7. The van der Waals surface area contributed by atoms with Gasteiger partial charge in [-0.05, 0) is 49.2 Å². The van der Waals surface area contributed by atoms with E-state index < -0.39 is 29.3 Å². The molecule has 1 saturated heterocycles. The van der Waals surface area contributed by atoms with Gasteiger partial charge in [0, 0.05) is 18.5 Å². The zero-order chi connectivity index (χ0) is 24.7. The number of quaternary nitrogens is 1. The van der Waals surface area contributed by atoms with Gasteiger partial charge in [-0.1, -0.05) is 42.7 Å². The predicted molar refractivity (Wildman–Crippen MR) is 126 cm³/mol. The Balaban J connectivity index is 2.04. The van der Waals surface area contributed by atoms with Crippen molar-refractivity contribution in [2.45, 2.75) is 26.3 Å². The Morgan fingerprint density at radius 3 is 2.53 bits per heavy atom. The summed E-state index contributed by atoms with van der Waals surface area (Å²) in [7, 11) is 0. The smallest absolute Gasteiger partial charge is 0.295 e. The highest BCUT2D eigenvalue weighted by Crippen LogP contribution is 2.39. The van der Waals surface area contributed by atoms with Crippen molar-refractivity contribution in [2.24, 2.45) is 0 Å². The third kappa shape index (κ3) is 5.54. The van der Waals surface area contributed by atoms with Crippen LogP contribution in [-0.4, -0.2) is 49.4 Å². The molecule has 2 aromatic carbocycles. The van der Waals surface area contributed by atoms with Crippen LogP contribution in [0, 0.1) is 5.82 Å². The third-order valence-electron chi connectivity index (χ3n) is 6.11. The summed E-state index contributed by atoms with van der Waals surface area (Å²) in [5, 5.41) is 13.4. The Kier molecular flexibility index (Phi) is 8.60. The maximum atomic E-state index is 13.4. The third-order valence-corrected chi connectivity index (χ3v) is 6.11. The van der Waals surface area contributed by atoms with Gasteiger partial charge < -0.3 is 19.6 Å². The quantitative estimate of drug-likeness (QED) is 0.238. The molecule has 2 aromatic rings. The molecule has 1 unspecified atom stereocenters. The molecule has 1 fully saturated rings. The van der Waals surface area contributed by atoms with Gasteiger partial charge in [0.1, 0.15) is 18.2 Å². The van der Waals surface area contributed by atoms with E-state index in [0.29, 0.717) is 30.9 Å². The van der Waals surface area contributed by atoms with Gasteiger partial charge in [-0.15, -0.1) is 0 Å². The number of hydrogen-bond acceptors (Lipinski definition) is 4. The minimum atomic E-state index is -0.837. The number of rotatable bonds is 11. The first-order valence-electron chi connectivity index (χ1n) is 11.6. The molecular formula is C27H31FN2O4. The number of halogens is 1. The minimum Gasteiger partial charge on any atom is -0.872 e. The summed E-state index contributed by atoms with van der Waals surface area (Å²) >= 11 is 0. The molecule has 0 aliphatic carbocycles. The zero-order valence-electron chi connectivity index (χ0n) is 19.7. The molecule has 1 heterocycles. The number of carbonyl (C=O) groups is 2. The van der Waals surface area contributed by atoms with E-state index in [1.807, 2.05) is 0 Å². The van der Waals surface area contributed by atoms with Crippen LogP contribution in [0.15, 0.2) is 66.8 Å². The first-order chi connectivity index (χ1) is 16.4. The Bertz CT molecular complexity index is 1060. The number of hydrogen-bond donors (Lipinski definition) is 1. The molecule has 0 bridgehead atoms. The molecule has 34 heavy (non-hydrogen) atoms. The van der Waals surface area contributed by atoms with Crippen molar-refractivity contribution < 1.29 is 28.7 Å². The van der Waals surface area contributed by atoms with E-state index >= 15 is 0 Å². The molecule has 0 spiro atoms. The summed E-state index contributed by atoms with van der Waals surface area (Å²) in [5.74, 6) is -2.02. The van der Waals surface area contributed by atoms with Gasteiger partial charge >= 0.3 is 0 Å². The summed E-state index contributed by atoms with van der Waals surface area (Å²) in [6.45, 7) is 11.3. The molecule has 1 N–H and O–H groups in total. The Labute approximate surface area is 199 Å². The first-order valence-corrected chi connectivity index (χ1v) is 11.6. The lowest BCUT2D eigenvalue weighted by Crippen LogP contribution is -3.11. The molecule has 180 valence electrons. The highest BCUT2D eigenvalue weighted by atomic mass is 19.1. The van der Waals surface area contributed by atoms with E-state index in [1.165, 1.54) is 34.1 Å². The van der Waals surface area contributed by atoms with Crippen molar-refractivity contribution in [3.05, 3.63) is 83.7 Å². The molecule has 0 aromatic heterocycles. The topological polar surface area (TPSA) is 74.1 Å². The summed E-state index contributed by atoms with van der Waals surface area (Å²) < 4.78 is 19.0. The number of Topliss-reactive ketones (excluding diaryl/α,β-unsaturated/α-hetero) is 1. The molecule has 1 amide bonds. The standard InChI is InChI=1S/C27H31FN2O4/c1-4-17-34-22-10-7-9-20(18-22)24-23(25(31)19-11-13-21(28)14-12-19)26(32)27(33)30(24)16-8-15-29(5-2)6-3/h4,7,9-14,18,24,31H,1,5-6,8,15-17H2,2-3H3. The lowest BCUT2D eigenvalue weighted by Gasteiger charge is -2.28. The molecule has 1 atom stereocenters. The fraction of sp³-hybridized carbons (Fsp3) is 0.333. The van der Waals surface area contributed by atoms with Crippen LogP contribution < -0.4 is 14.7 Å². The first kappa shape index (κ1) is 25.2. The predicted octanol–water partition coefficient (Wildman–Crippen LogP) is 1.93. The Hall–Kier alpha value is -3.45. The molecule has 1 aliphatic heterocycles. The van der Waals surface area contributed by atoms with Crippen LogP contribution in [0.3, 0.4) is 0 Å². The lowest BCUT2D eigenvalue weighted by molar-refractivity contribution is -0.896. The second-order valence-electron chi connectivity index (χ2n) is 8.21. The summed E-state index contributed by atoms with van der Waals surface area (Å²) in [5.41, 5.74) is 0.658. The van der Waals surface area contributed by atoms with Crippen LogP contribution in [0.1, 0.15) is 37.4 Å². The van der Waals surface area contributed by atoms with Crippen LogP contribution in [-0.2, 0) is 9.59 Å². The monoisotopic (exact) mass is 466 g/mol. The maximum absolute atomic E-state index is 13.4. The fourth-order valence-electron chi connectivity index (χ4n) is 4.24. The van der Waals surface area contributed by atoms with Crippen molar-refractivity contribution in [2.75, 3.05) is 32.8 Å². The largest absolute Gasteiger partial charge is 0.872 e. The van der Waals surface area contributed by atoms with Gasteiger partial charge in [-0.25, -0.2) is 4.39 Å². The lowest BCUT2D eigenvalue weighted by atomic mass is 9.95. The van der Waals surface area contributed by atoms with Crippen LogP contribution in [0.2, 0.25) is 0 Å². The van der Waals surface area contributed by atoms with Crippen LogP contribution in [0.5, 0.6) is 5.75 Å². The van der Waals surface area contributed by atoms with Crippen molar-refractivity contribution >= 4 is 17.4 Å². The van der Waals surface area contributed by atoms with E-state index in [1.54, 1.807) is 30.3 Å². The number of ketones is 1.